The van der Waals surface area contributed by atoms with Gasteiger partial charge in [-0.3, -0.25) is 0 Å². The van der Waals surface area contributed by atoms with E-state index in [1.54, 1.807) is 0 Å². The lowest BCUT2D eigenvalue weighted by Crippen LogP contribution is -2.87. The average Bonchev–Trinajstić information content (AvgIpc) is 2.71. The molecule has 3 aliphatic carbocycles. The quantitative estimate of drug-likeness (QED) is 0.754. The molecule has 0 aromatic carbocycles. The third-order valence-electron chi connectivity index (χ3n) is 8.56. The highest BCUT2D eigenvalue weighted by atomic mass is 16.5. The van der Waals surface area contributed by atoms with Crippen molar-refractivity contribution in [2.45, 2.75) is 88.5 Å². The zero-order valence-corrected chi connectivity index (χ0v) is 17.1. The van der Waals surface area contributed by atoms with Crippen LogP contribution in [-0.4, -0.2) is 44.4 Å². The van der Waals surface area contributed by atoms with E-state index in [0.29, 0.717) is 48.0 Å². The Hall–Kier alpha value is -0.650. The maximum Gasteiger partial charge on any atom is 0.0882 e. The van der Waals surface area contributed by atoms with Gasteiger partial charge in [-0.15, -0.1) is 0 Å². The Bertz CT molecular complexity index is 500. The van der Waals surface area contributed by atoms with Crippen LogP contribution in [0.4, 0.5) is 0 Å². The van der Waals surface area contributed by atoms with Crippen molar-refractivity contribution in [1.29, 1.82) is 0 Å². The summed E-state index contributed by atoms with van der Waals surface area (Å²) < 4.78 is 6.75. The molecule has 3 saturated carbocycles. The molecule has 4 aliphatic rings. The van der Waals surface area contributed by atoms with E-state index < -0.39 is 5.97 Å². The van der Waals surface area contributed by atoms with E-state index in [-0.39, 0.29) is 5.92 Å². The number of fused-ring (bicyclic) bond motifs is 2. The van der Waals surface area contributed by atoms with Crippen LogP contribution < -0.4 is 15.7 Å². The first-order valence-corrected chi connectivity index (χ1v) is 11.5. The van der Waals surface area contributed by atoms with Crippen molar-refractivity contribution in [3.63, 3.8) is 0 Å². The van der Waals surface area contributed by atoms with Gasteiger partial charge >= 0.3 is 0 Å². The predicted molar refractivity (Wildman–Crippen MR) is 102 cm³/mol. The second-order valence-corrected chi connectivity index (χ2v) is 9.70. The molecule has 0 radical (unpaired) electrons. The highest BCUT2D eigenvalue weighted by molar-refractivity contribution is 5.68. The van der Waals surface area contributed by atoms with E-state index >= 15 is 0 Å². The molecule has 0 aromatic rings. The maximum atomic E-state index is 12.0. The number of nitrogens with two attached hydrogens (primary N) is 1. The summed E-state index contributed by atoms with van der Waals surface area (Å²) in [6, 6.07) is 1.21. The van der Waals surface area contributed by atoms with Crippen LogP contribution in [0.3, 0.4) is 0 Å². The monoisotopic (exact) mass is 378 g/mol. The second-order valence-electron chi connectivity index (χ2n) is 9.70. The number of aliphatic carboxylic acids is 1. The van der Waals surface area contributed by atoms with Gasteiger partial charge in [-0.25, -0.2) is 0 Å². The van der Waals surface area contributed by atoms with Crippen molar-refractivity contribution in [2.75, 3.05) is 14.1 Å². The summed E-state index contributed by atoms with van der Waals surface area (Å²) in [6.07, 6.45) is 11.8. The second kappa shape index (κ2) is 8.38. The van der Waals surface area contributed by atoms with Crippen LogP contribution in [0, 0.1) is 29.6 Å². The topological polar surface area (TPSA) is 78.0 Å². The van der Waals surface area contributed by atoms with Crippen molar-refractivity contribution in [3.8, 4) is 0 Å². The molecule has 9 atom stereocenters. The van der Waals surface area contributed by atoms with Crippen LogP contribution in [0.15, 0.2) is 0 Å². The van der Waals surface area contributed by atoms with Gasteiger partial charge in [0.15, 0.2) is 0 Å². The molecule has 4 fully saturated rings. The minimum atomic E-state index is -0.793. The van der Waals surface area contributed by atoms with E-state index in [9.17, 15) is 9.90 Å². The van der Waals surface area contributed by atoms with Crippen LogP contribution in [0.25, 0.3) is 0 Å². The largest absolute Gasteiger partial charge is 0.550 e. The summed E-state index contributed by atoms with van der Waals surface area (Å²) in [5.41, 5.74) is 0. The van der Waals surface area contributed by atoms with Crippen molar-refractivity contribution < 1.29 is 20.0 Å². The fourth-order valence-electron chi connectivity index (χ4n) is 7.18. The molecule has 2 unspecified atom stereocenters. The normalized spacial score (nSPS) is 47.7. The fraction of sp³-hybridized carbons (Fsp3) is 0.955. The van der Waals surface area contributed by atoms with Crippen molar-refractivity contribution in [2.24, 2.45) is 29.6 Å². The molecule has 4 rings (SSSR count). The molecule has 1 heterocycles. The van der Waals surface area contributed by atoms with E-state index in [4.69, 9.17) is 4.74 Å². The van der Waals surface area contributed by atoms with Gasteiger partial charge in [0, 0.05) is 24.3 Å². The molecule has 27 heavy (non-hydrogen) atoms. The Morgan fingerprint density at radius 2 is 1.67 bits per heavy atom. The van der Waals surface area contributed by atoms with Gasteiger partial charge in [0.2, 0.25) is 0 Å². The van der Waals surface area contributed by atoms with Crippen molar-refractivity contribution in [1.82, 2.24) is 5.32 Å². The van der Waals surface area contributed by atoms with Gasteiger partial charge in [-0.2, -0.15) is 0 Å². The number of quaternary nitrogens is 1. The first-order chi connectivity index (χ1) is 13.1. The lowest BCUT2D eigenvalue weighted by molar-refractivity contribution is -0.668. The van der Waals surface area contributed by atoms with Crippen LogP contribution in [0.2, 0.25) is 0 Å². The number of ether oxygens (including phenoxy) is 1. The molecule has 5 nitrogen and oxygen atoms in total. The first kappa shape index (κ1) is 19.7. The summed E-state index contributed by atoms with van der Waals surface area (Å²) in [4.78, 5) is 12.0. The maximum absolute atomic E-state index is 12.0. The molecule has 0 bridgehead atoms. The number of hydrogen-bond acceptors (Lipinski definition) is 4. The number of carboxylic acid groups (broad SMARTS) is 1. The first-order valence-electron chi connectivity index (χ1n) is 11.5. The van der Waals surface area contributed by atoms with Gasteiger partial charge in [0.25, 0.3) is 0 Å². The van der Waals surface area contributed by atoms with Crippen molar-refractivity contribution in [3.05, 3.63) is 0 Å². The van der Waals surface area contributed by atoms with Gasteiger partial charge < -0.3 is 25.3 Å². The number of nitrogens with one attached hydrogen (secondary N) is 1. The fourth-order valence-corrected chi connectivity index (χ4v) is 7.18. The Labute approximate surface area is 164 Å². The molecule has 5 heteroatoms. The van der Waals surface area contributed by atoms with E-state index in [2.05, 4.69) is 24.7 Å². The van der Waals surface area contributed by atoms with Gasteiger partial charge in [0.05, 0.1) is 25.3 Å². The summed E-state index contributed by atoms with van der Waals surface area (Å²) in [7, 11) is 4.24. The highest BCUT2D eigenvalue weighted by Gasteiger charge is 2.53. The molecule has 0 amide bonds. The number of carboxylic acids is 1. The minimum Gasteiger partial charge on any atom is -0.550 e. The van der Waals surface area contributed by atoms with Gasteiger partial charge in [0.1, 0.15) is 0 Å². The minimum absolute atomic E-state index is 0.236. The summed E-state index contributed by atoms with van der Waals surface area (Å²) in [6.45, 7) is 0. The van der Waals surface area contributed by atoms with Crippen LogP contribution in [-0.2, 0) is 9.53 Å². The lowest BCUT2D eigenvalue weighted by Gasteiger charge is -2.56. The van der Waals surface area contributed by atoms with E-state index in [1.165, 1.54) is 32.1 Å². The zero-order chi connectivity index (χ0) is 19.0. The Morgan fingerprint density at radius 1 is 0.963 bits per heavy atom. The van der Waals surface area contributed by atoms with Crippen LogP contribution in [0.1, 0.15) is 64.2 Å². The molecule has 154 valence electrons. The van der Waals surface area contributed by atoms with Crippen molar-refractivity contribution >= 4 is 5.97 Å². The molecule has 1 saturated heterocycles. The zero-order valence-electron chi connectivity index (χ0n) is 17.1. The molecule has 3 N–H and O–H groups in total. The number of carbonyl (C=O) groups is 1. The highest BCUT2D eigenvalue weighted by Crippen LogP contribution is 2.53. The Kier molecular flexibility index (Phi) is 6.10. The third kappa shape index (κ3) is 3.79. The number of rotatable bonds is 4. The Balaban J connectivity index is 1.62. The molecule has 0 spiro atoms. The van der Waals surface area contributed by atoms with Crippen LogP contribution in [0.5, 0.6) is 0 Å². The average molecular weight is 379 g/mol. The summed E-state index contributed by atoms with van der Waals surface area (Å²) in [5, 5.41) is 17.8. The smallest absolute Gasteiger partial charge is 0.0882 e. The number of hydrogen-bond donors (Lipinski definition) is 2. The standard InChI is InChI=1S/C22H38N2O3/c1-23-13-7-9-17-19(11-13)27-20-12-14(24-2)8-10-18(20)21(17)15-5-3-4-6-16(15)22(25)26/h13-21,23-24H,3-12H2,1-2H3,(H,25,26)/t13-,14+,15?,16-,17+,18-,19-,20?,21+/m1/s1. The lowest BCUT2D eigenvalue weighted by atomic mass is 9.56. The third-order valence-corrected chi connectivity index (χ3v) is 8.56. The SMILES string of the molecule is CN[C@H]1CC[C@@H]2C(C1)O[C@@H]1C[C@H]([NH2+]C)CC[C@@H]1[C@@H]2C1CCCC[C@H]1C(=O)[O-]. The predicted octanol–water partition coefficient (Wildman–Crippen LogP) is 0.676. The Morgan fingerprint density at radius 3 is 2.37 bits per heavy atom. The molecule has 1 aliphatic heterocycles. The van der Waals surface area contributed by atoms with E-state index in [0.717, 1.165) is 32.1 Å². The van der Waals surface area contributed by atoms with Gasteiger partial charge in [-0.1, -0.05) is 12.8 Å². The summed E-state index contributed by atoms with van der Waals surface area (Å²) >= 11 is 0. The molecular formula is C22H38N2O3. The molecule has 0 aromatic heterocycles. The number of carbonyl (C=O) groups excluding carboxylic acids is 1. The van der Waals surface area contributed by atoms with E-state index in [1.807, 2.05) is 0 Å². The van der Waals surface area contributed by atoms with Gasteiger partial charge in [-0.05, 0) is 75.7 Å². The summed E-state index contributed by atoms with van der Waals surface area (Å²) in [5.74, 6) is 0.898. The molecular weight excluding hydrogens is 340 g/mol. The van der Waals surface area contributed by atoms with Crippen LogP contribution >= 0.6 is 0 Å².